The number of fused-ring (bicyclic) bond motifs is 1. The molecule has 9 heteroatoms. The first-order chi connectivity index (χ1) is 13.2. The number of nitrogens with zero attached hydrogens (tertiary/aromatic N) is 3. The Kier molecular flexibility index (Phi) is 7.22. The van der Waals surface area contributed by atoms with Gasteiger partial charge in [-0.3, -0.25) is 0 Å². The average molecular weight is 406 g/mol. The Hall–Kier alpha value is -1.94. The maximum Gasteiger partial charge on any atom is 0.191 e. The minimum atomic E-state index is -0.766. The molecule has 3 rings (SSSR count). The SMILES string of the molecule is CCNc1nc(SCc2ccccc2)nc2nc(NCCOC(C)O)sc12. The lowest BCUT2D eigenvalue weighted by Gasteiger charge is -2.06. The van der Waals surface area contributed by atoms with Crippen LogP contribution in [0.1, 0.15) is 19.4 Å². The Morgan fingerprint density at radius 1 is 1.19 bits per heavy atom. The van der Waals surface area contributed by atoms with Gasteiger partial charge in [0.15, 0.2) is 22.2 Å². The van der Waals surface area contributed by atoms with Crippen LogP contribution >= 0.6 is 23.1 Å². The second kappa shape index (κ2) is 9.84. The summed E-state index contributed by atoms with van der Waals surface area (Å²) in [7, 11) is 0. The highest BCUT2D eigenvalue weighted by atomic mass is 32.2. The Balaban J connectivity index is 1.73. The number of hydrogen-bond acceptors (Lipinski definition) is 9. The van der Waals surface area contributed by atoms with Gasteiger partial charge in [-0.15, -0.1) is 0 Å². The molecule has 0 spiro atoms. The Labute approximate surface area is 166 Å². The fraction of sp³-hybridized carbons (Fsp3) is 0.389. The summed E-state index contributed by atoms with van der Waals surface area (Å²) in [4.78, 5) is 13.8. The van der Waals surface area contributed by atoms with E-state index >= 15 is 0 Å². The number of aromatic nitrogens is 3. The number of anilines is 2. The van der Waals surface area contributed by atoms with Crippen molar-refractivity contribution < 1.29 is 9.84 Å². The summed E-state index contributed by atoms with van der Waals surface area (Å²) in [5.74, 6) is 1.62. The molecule has 1 atom stereocenters. The number of thiazole rings is 1. The summed E-state index contributed by atoms with van der Waals surface area (Å²) in [5.41, 5.74) is 1.91. The smallest absolute Gasteiger partial charge is 0.191 e. The zero-order valence-corrected chi connectivity index (χ0v) is 16.9. The predicted octanol–water partition coefficient (Wildman–Crippen LogP) is 3.58. The molecular weight excluding hydrogens is 382 g/mol. The molecular formula is C18H23N5O2S2. The Morgan fingerprint density at radius 2 is 2.00 bits per heavy atom. The molecule has 27 heavy (non-hydrogen) atoms. The molecule has 2 aromatic heterocycles. The molecule has 0 amide bonds. The van der Waals surface area contributed by atoms with Crippen molar-refractivity contribution in [2.24, 2.45) is 0 Å². The van der Waals surface area contributed by atoms with Crippen molar-refractivity contribution >= 4 is 44.4 Å². The minimum Gasteiger partial charge on any atom is -0.369 e. The minimum absolute atomic E-state index is 0.400. The van der Waals surface area contributed by atoms with Gasteiger partial charge < -0.3 is 20.5 Å². The number of aliphatic hydroxyl groups is 1. The van der Waals surface area contributed by atoms with E-state index in [0.29, 0.717) is 24.0 Å². The fourth-order valence-electron chi connectivity index (χ4n) is 2.34. The van der Waals surface area contributed by atoms with Crippen LogP contribution < -0.4 is 10.6 Å². The number of thioether (sulfide) groups is 1. The molecule has 0 fully saturated rings. The van der Waals surface area contributed by atoms with E-state index in [0.717, 1.165) is 27.9 Å². The molecule has 0 aliphatic rings. The molecule has 3 aromatic rings. The van der Waals surface area contributed by atoms with E-state index in [9.17, 15) is 0 Å². The van der Waals surface area contributed by atoms with Crippen LogP contribution in [0, 0.1) is 0 Å². The van der Waals surface area contributed by atoms with Gasteiger partial charge in [0.05, 0.1) is 6.61 Å². The third-order valence-electron chi connectivity index (χ3n) is 3.53. The zero-order valence-electron chi connectivity index (χ0n) is 15.3. The van der Waals surface area contributed by atoms with Crippen LogP contribution in [0.25, 0.3) is 10.3 Å². The molecule has 7 nitrogen and oxygen atoms in total. The molecule has 0 aliphatic heterocycles. The second-order valence-corrected chi connectivity index (χ2v) is 7.67. The van der Waals surface area contributed by atoms with E-state index in [1.807, 2.05) is 25.1 Å². The highest BCUT2D eigenvalue weighted by molar-refractivity contribution is 7.98. The number of ether oxygens (including phenoxy) is 1. The third kappa shape index (κ3) is 5.77. The summed E-state index contributed by atoms with van der Waals surface area (Å²) in [5, 5.41) is 17.1. The van der Waals surface area contributed by atoms with Crippen LogP contribution in [-0.4, -0.2) is 46.0 Å². The topological polar surface area (TPSA) is 92.2 Å². The molecule has 0 radical (unpaired) electrons. The van der Waals surface area contributed by atoms with Gasteiger partial charge >= 0.3 is 0 Å². The van der Waals surface area contributed by atoms with Gasteiger partial charge in [0.2, 0.25) is 0 Å². The molecule has 0 bridgehead atoms. The largest absolute Gasteiger partial charge is 0.369 e. The first-order valence-corrected chi connectivity index (χ1v) is 10.6. The summed E-state index contributed by atoms with van der Waals surface area (Å²) in [6, 6.07) is 10.3. The fourth-order valence-corrected chi connectivity index (χ4v) is 4.03. The highest BCUT2D eigenvalue weighted by Gasteiger charge is 2.13. The Morgan fingerprint density at radius 3 is 2.74 bits per heavy atom. The van der Waals surface area contributed by atoms with Crippen molar-refractivity contribution in [1.82, 2.24) is 15.0 Å². The summed E-state index contributed by atoms with van der Waals surface area (Å²) in [6.45, 7) is 5.36. The first-order valence-electron chi connectivity index (χ1n) is 8.78. The molecule has 1 aromatic carbocycles. The van der Waals surface area contributed by atoms with E-state index in [1.165, 1.54) is 16.9 Å². The van der Waals surface area contributed by atoms with E-state index < -0.39 is 6.29 Å². The number of nitrogens with one attached hydrogen (secondary N) is 2. The lowest BCUT2D eigenvalue weighted by Crippen LogP contribution is -2.14. The first kappa shape index (κ1) is 19.8. The summed E-state index contributed by atoms with van der Waals surface area (Å²) < 4.78 is 6.05. The van der Waals surface area contributed by atoms with Gasteiger partial charge in [0.25, 0.3) is 0 Å². The molecule has 1 unspecified atom stereocenters. The quantitative estimate of drug-likeness (QED) is 0.204. The lowest BCUT2D eigenvalue weighted by molar-refractivity contribution is -0.0811. The van der Waals surface area contributed by atoms with Crippen LogP contribution in [0.4, 0.5) is 10.9 Å². The lowest BCUT2D eigenvalue weighted by atomic mass is 10.2. The molecule has 144 valence electrons. The monoisotopic (exact) mass is 405 g/mol. The van der Waals surface area contributed by atoms with E-state index in [-0.39, 0.29) is 0 Å². The van der Waals surface area contributed by atoms with Gasteiger partial charge in [0, 0.05) is 18.8 Å². The van der Waals surface area contributed by atoms with Crippen molar-refractivity contribution in [3.8, 4) is 0 Å². The van der Waals surface area contributed by atoms with E-state index in [1.54, 1.807) is 18.7 Å². The van der Waals surface area contributed by atoms with Crippen LogP contribution in [-0.2, 0) is 10.5 Å². The summed E-state index contributed by atoms with van der Waals surface area (Å²) in [6.07, 6.45) is -0.766. The number of rotatable bonds is 10. The number of aliphatic hydroxyl groups excluding tert-OH is 1. The van der Waals surface area contributed by atoms with Crippen molar-refractivity contribution in [2.45, 2.75) is 31.0 Å². The number of hydrogen-bond donors (Lipinski definition) is 3. The van der Waals surface area contributed by atoms with Crippen LogP contribution in [0.15, 0.2) is 35.5 Å². The number of benzene rings is 1. The van der Waals surface area contributed by atoms with Crippen LogP contribution in [0.3, 0.4) is 0 Å². The second-order valence-electron chi connectivity index (χ2n) is 5.73. The molecule has 2 heterocycles. The maximum absolute atomic E-state index is 9.13. The molecule has 0 aliphatic carbocycles. The van der Waals surface area contributed by atoms with E-state index in [4.69, 9.17) is 9.84 Å². The maximum atomic E-state index is 9.13. The van der Waals surface area contributed by atoms with Gasteiger partial charge in [0.1, 0.15) is 10.5 Å². The Bertz CT molecular complexity index is 858. The van der Waals surface area contributed by atoms with Gasteiger partial charge in [-0.1, -0.05) is 53.4 Å². The third-order valence-corrected chi connectivity index (χ3v) is 5.45. The highest BCUT2D eigenvalue weighted by Crippen LogP contribution is 2.32. The zero-order chi connectivity index (χ0) is 19.1. The normalized spacial score (nSPS) is 12.3. The van der Waals surface area contributed by atoms with Gasteiger partial charge in [-0.25, -0.2) is 9.97 Å². The average Bonchev–Trinajstić information content (AvgIpc) is 3.08. The summed E-state index contributed by atoms with van der Waals surface area (Å²) >= 11 is 3.11. The van der Waals surface area contributed by atoms with Gasteiger partial charge in [-0.2, -0.15) is 4.98 Å². The molecule has 0 saturated heterocycles. The van der Waals surface area contributed by atoms with Crippen molar-refractivity contribution in [3.63, 3.8) is 0 Å². The van der Waals surface area contributed by atoms with Crippen molar-refractivity contribution in [2.75, 3.05) is 30.3 Å². The predicted molar refractivity (Wildman–Crippen MR) is 111 cm³/mol. The van der Waals surface area contributed by atoms with Crippen molar-refractivity contribution in [1.29, 1.82) is 0 Å². The van der Waals surface area contributed by atoms with Crippen LogP contribution in [0.2, 0.25) is 0 Å². The van der Waals surface area contributed by atoms with Gasteiger partial charge in [-0.05, 0) is 19.4 Å². The van der Waals surface area contributed by atoms with E-state index in [2.05, 4.69) is 37.7 Å². The van der Waals surface area contributed by atoms with Crippen molar-refractivity contribution in [3.05, 3.63) is 35.9 Å². The van der Waals surface area contributed by atoms with Crippen LogP contribution in [0.5, 0.6) is 0 Å². The molecule has 3 N–H and O–H groups in total. The standard InChI is InChI=1S/C18H23N5O2S2/c1-3-19-15-14-16(22-17(27-14)20-9-10-25-12(2)24)23-18(21-15)26-11-13-7-5-4-6-8-13/h4-8,12,24H,3,9-11H2,1-2H3,(H2,19,20,21,22,23). The molecule has 0 saturated carbocycles.